The van der Waals surface area contributed by atoms with Crippen LogP contribution in [0.2, 0.25) is 0 Å². The average molecular weight is 325 g/mol. The number of sulfone groups is 1. The van der Waals surface area contributed by atoms with Crippen LogP contribution in [0.5, 0.6) is 0 Å². The summed E-state index contributed by atoms with van der Waals surface area (Å²) in [7, 11) is -3.19. The van der Waals surface area contributed by atoms with E-state index < -0.39 is 37.9 Å². The maximum atomic E-state index is 15.0. The number of rotatable bonds is 4. The lowest BCUT2D eigenvalue weighted by molar-refractivity contribution is 0.145. The highest BCUT2D eigenvalue weighted by atomic mass is 32.2. The fraction of sp³-hybridized carbons (Fsp3) is 0.750. The maximum absolute atomic E-state index is 15.0. The summed E-state index contributed by atoms with van der Waals surface area (Å²) in [5.41, 5.74) is -0.669. The van der Waals surface area contributed by atoms with E-state index in [2.05, 4.69) is 10.4 Å². The molecule has 1 aromatic heterocycles. The van der Waals surface area contributed by atoms with Crippen LogP contribution in [0, 0.1) is 5.92 Å². The molecule has 9 heteroatoms. The van der Waals surface area contributed by atoms with Gasteiger partial charge in [-0.1, -0.05) is 0 Å². The van der Waals surface area contributed by atoms with Crippen molar-refractivity contribution in [2.24, 2.45) is 13.0 Å². The van der Waals surface area contributed by atoms with Gasteiger partial charge in [-0.2, -0.15) is 5.10 Å². The highest BCUT2D eigenvalue weighted by molar-refractivity contribution is 7.92. The van der Waals surface area contributed by atoms with Gasteiger partial charge in [0.1, 0.15) is 5.69 Å². The van der Waals surface area contributed by atoms with Crippen LogP contribution in [0.3, 0.4) is 0 Å². The van der Waals surface area contributed by atoms with Crippen LogP contribution in [-0.4, -0.2) is 36.3 Å². The van der Waals surface area contributed by atoms with E-state index >= 15 is 0 Å². The Morgan fingerprint density at radius 3 is 2.48 bits per heavy atom. The van der Waals surface area contributed by atoms with Gasteiger partial charge in [-0.15, -0.1) is 0 Å². The lowest BCUT2D eigenvalue weighted by atomic mass is 9.93. The molecule has 120 valence electrons. The van der Waals surface area contributed by atoms with E-state index in [-0.39, 0.29) is 0 Å². The summed E-state index contributed by atoms with van der Waals surface area (Å²) >= 11 is 0. The molecule has 1 aliphatic heterocycles. The van der Waals surface area contributed by atoms with Gasteiger partial charge >= 0.3 is 0 Å². The Morgan fingerprint density at radius 2 is 2.00 bits per heavy atom. The van der Waals surface area contributed by atoms with E-state index in [9.17, 15) is 21.6 Å². The van der Waals surface area contributed by atoms with E-state index in [1.54, 1.807) is 0 Å². The van der Waals surface area contributed by atoms with Crippen LogP contribution < -0.4 is 5.32 Å². The van der Waals surface area contributed by atoms with Gasteiger partial charge in [0, 0.05) is 19.0 Å². The number of nitrogens with one attached hydrogen (secondary N) is 1. The smallest absolute Gasteiger partial charge is 0.282 e. The summed E-state index contributed by atoms with van der Waals surface area (Å²) in [5, 5.41) is 3.45. The lowest BCUT2D eigenvalue weighted by Gasteiger charge is -2.33. The van der Waals surface area contributed by atoms with Crippen molar-refractivity contribution in [1.82, 2.24) is 15.1 Å². The number of piperidine rings is 1. The Bertz CT molecular complexity index is 607. The van der Waals surface area contributed by atoms with E-state index in [0.29, 0.717) is 25.9 Å². The molecule has 0 spiro atoms. The molecule has 1 N–H and O–H groups in total. The van der Waals surface area contributed by atoms with Crippen LogP contribution in [0.1, 0.15) is 31.9 Å². The zero-order valence-corrected chi connectivity index (χ0v) is 12.6. The third-order valence-corrected chi connectivity index (χ3v) is 6.27. The number of hydrogen-bond donors (Lipinski definition) is 1. The molecule has 2 rings (SSSR count). The molecule has 1 aliphatic rings. The van der Waals surface area contributed by atoms with Crippen LogP contribution in [0.25, 0.3) is 0 Å². The number of nitrogens with zero attached hydrogens (tertiary/aromatic N) is 2. The largest absolute Gasteiger partial charge is 0.317 e. The Kier molecular flexibility index (Phi) is 4.34. The van der Waals surface area contributed by atoms with Crippen LogP contribution in [0.15, 0.2) is 11.1 Å². The SMILES string of the molecule is Cn1nc(C(F)F)cc1S(=O)(=O)C(C)(F)C1CCNCC1. The minimum Gasteiger partial charge on any atom is -0.317 e. The number of alkyl halides is 3. The number of hydrogen-bond acceptors (Lipinski definition) is 4. The van der Waals surface area contributed by atoms with Gasteiger partial charge in [0.15, 0.2) is 5.03 Å². The van der Waals surface area contributed by atoms with Crippen molar-refractivity contribution < 1.29 is 21.6 Å². The summed E-state index contributed by atoms with van der Waals surface area (Å²) in [5.74, 6) is -0.673. The summed E-state index contributed by atoms with van der Waals surface area (Å²) in [6.07, 6.45) is -2.14. The molecule has 0 aromatic carbocycles. The van der Waals surface area contributed by atoms with Gasteiger partial charge in [-0.25, -0.2) is 21.6 Å². The molecule has 0 saturated carbocycles. The van der Waals surface area contributed by atoms with Crippen molar-refractivity contribution in [3.05, 3.63) is 11.8 Å². The minimum absolute atomic E-state index is 0.381. The predicted molar refractivity (Wildman–Crippen MR) is 70.5 cm³/mol. The first-order valence-corrected chi connectivity index (χ1v) is 8.12. The van der Waals surface area contributed by atoms with Gasteiger partial charge < -0.3 is 5.32 Å². The van der Waals surface area contributed by atoms with Crippen LogP contribution in [0.4, 0.5) is 13.2 Å². The lowest BCUT2D eigenvalue weighted by Crippen LogP contribution is -2.44. The first kappa shape index (κ1) is 16.3. The molecule has 1 atom stereocenters. The standard InChI is InChI=1S/C12H18F3N3O2S/c1-12(15,8-3-5-16-6-4-8)21(19,20)10-7-9(11(13)14)17-18(10)2/h7-8,11,16H,3-6H2,1-2H3. The highest BCUT2D eigenvalue weighted by Crippen LogP contribution is 2.38. The Morgan fingerprint density at radius 1 is 1.43 bits per heavy atom. The van der Waals surface area contributed by atoms with Gasteiger partial charge in [0.05, 0.1) is 0 Å². The van der Waals surface area contributed by atoms with Gasteiger partial charge in [-0.3, -0.25) is 4.68 Å². The predicted octanol–water partition coefficient (Wildman–Crippen LogP) is 1.82. The average Bonchev–Trinajstić information content (AvgIpc) is 2.82. The molecule has 21 heavy (non-hydrogen) atoms. The first-order valence-electron chi connectivity index (χ1n) is 6.64. The minimum atomic E-state index is -4.41. The zero-order valence-electron chi connectivity index (χ0n) is 11.8. The highest BCUT2D eigenvalue weighted by Gasteiger charge is 2.49. The molecule has 2 heterocycles. The topological polar surface area (TPSA) is 64.0 Å². The second kappa shape index (κ2) is 5.60. The Balaban J connectivity index is 2.40. The fourth-order valence-corrected chi connectivity index (χ4v) is 4.34. The van der Waals surface area contributed by atoms with E-state index in [1.165, 1.54) is 7.05 Å². The van der Waals surface area contributed by atoms with Crippen molar-refractivity contribution in [3.8, 4) is 0 Å². The molecule has 5 nitrogen and oxygen atoms in total. The molecule has 0 bridgehead atoms. The van der Waals surface area contributed by atoms with Crippen molar-refractivity contribution in [2.45, 2.75) is 36.2 Å². The molecule has 1 fully saturated rings. The van der Waals surface area contributed by atoms with Crippen molar-refractivity contribution in [2.75, 3.05) is 13.1 Å². The van der Waals surface area contributed by atoms with Crippen molar-refractivity contribution >= 4 is 9.84 Å². The molecule has 0 radical (unpaired) electrons. The van der Waals surface area contributed by atoms with Crippen molar-refractivity contribution in [3.63, 3.8) is 0 Å². The van der Waals surface area contributed by atoms with Gasteiger partial charge in [-0.05, 0) is 32.9 Å². The molecule has 1 saturated heterocycles. The second-order valence-electron chi connectivity index (χ2n) is 5.35. The summed E-state index contributed by atoms with van der Waals surface area (Å²) < 4.78 is 66.1. The number of aromatic nitrogens is 2. The van der Waals surface area contributed by atoms with Gasteiger partial charge in [0.2, 0.25) is 14.8 Å². The van der Waals surface area contributed by atoms with E-state index in [4.69, 9.17) is 0 Å². The molecular weight excluding hydrogens is 307 g/mol. The maximum Gasteiger partial charge on any atom is 0.282 e. The normalized spacial score (nSPS) is 20.7. The molecule has 0 aliphatic carbocycles. The molecule has 1 aromatic rings. The summed E-state index contributed by atoms with van der Waals surface area (Å²) in [6.45, 7) is 2.08. The summed E-state index contributed by atoms with van der Waals surface area (Å²) in [6, 6.07) is 0.749. The second-order valence-corrected chi connectivity index (χ2v) is 7.57. The van der Waals surface area contributed by atoms with Gasteiger partial charge in [0.25, 0.3) is 6.43 Å². The molecule has 0 amide bonds. The van der Waals surface area contributed by atoms with E-state index in [0.717, 1.165) is 17.7 Å². The summed E-state index contributed by atoms with van der Waals surface area (Å²) in [4.78, 5) is 0. The monoisotopic (exact) mass is 325 g/mol. The van der Waals surface area contributed by atoms with Crippen LogP contribution >= 0.6 is 0 Å². The molecular formula is C12H18F3N3O2S. The number of aryl methyl sites for hydroxylation is 1. The van der Waals surface area contributed by atoms with Crippen LogP contribution in [-0.2, 0) is 16.9 Å². The van der Waals surface area contributed by atoms with Crippen molar-refractivity contribution in [1.29, 1.82) is 0 Å². The third kappa shape index (κ3) is 2.80. The quantitative estimate of drug-likeness (QED) is 0.917. The molecule has 1 unspecified atom stereocenters. The van der Waals surface area contributed by atoms with E-state index in [1.807, 2.05) is 0 Å². The number of halogens is 3. The zero-order chi connectivity index (χ0) is 15.8. The Labute approximate surface area is 121 Å². The first-order chi connectivity index (χ1) is 9.68. The Hall–Kier alpha value is -1.09. The third-order valence-electron chi connectivity index (χ3n) is 3.95. The fourth-order valence-electron chi connectivity index (χ4n) is 2.59.